The van der Waals surface area contributed by atoms with Crippen LogP contribution in [0.3, 0.4) is 0 Å². The Labute approximate surface area is 291 Å². The normalized spacial score (nSPS) is 25.4. The number of benzene rings is 2. The van der Waals surface area contributed by atoms with E-state index in [0.29, 0.717) is 11.3 Å². The maximum atomic E-state index is 11.0. The predicted octanol–water partition coefficient (Wildman–Crippen LogP) is 10.9. The number of fused-ring (bicyclic) bond motifs is 2. The van der Waals surface area contributed by atoms with Crippen molar-refractivity contribution < 1.29 is 24.7 Å². The van der Waals surface area contributed by atoms with Gasteiger partial charge in [0.25, 0.3) is 0 Å². The van der Waals surface area contributed by atoms with Crippen molar-refractivity contribution in [1.82, 2.24) is 4.98 Å². The van der Waals surface area contributed by atoms with Gasteiger partial charge in [0, 0.05) is 5.56 Å². The summed E-state index contributed by atoms with van der Waals surface area (Å²) in [5.74, 6) is 3.70. The summed E-state index contributed by atoms with van der Waals surface area (Å²) >= 11 is 1.98. The second-order valence-electron chi connectivity index (χ2n) is 16.4. The Kier molecular flexibility index (Phi) is 11.6. The van der Waals surface area contributed by atoms with Gasteiger partial charge >= 0.3 is 84.9 Å². The van der Waals surface area contributed by atoms with Crippen LogP contribution in [-0.4, -0.2) is 10.6 Å². The first-order valence-electron chi connectivity index (χ1n) is 18.1. The summed E-state index contributed by atoms with van der Waals surface area (Å²) in [7, 11) is 0. The van der Waals surface area contributed by atoms with E-state index in [2.05, 4.69) is 65.6 Å². The quantitative estimate of drug-likeness (QED) is 0.213. The van der Waals surface area contributed by atoms with Crippen molar-refractivity contribution in [3.8, 4) is 16.9 Å². The van der Waals surface area contributed by atoms with Gasteiger partial charge in [-0.15, -0.1) is 0 Å². The van der Waals surface area contributed by atoms with Crippen molar-refractivity contribution in [2.45, 2.75) is 137 Å². The number of phenolic OH excluding ortho intramolecular Hbond substituents is 1. The molecule has 0 radical (unpaired) electrons. The van der Waals surface area contributed by atoms with E-state index in [-0.39, 0.29) is 5.41 Å². The molecule has 1 aromatic heterocycles. The van der Waals surface area contributed by atoms with Gasteiger partial charge in [-0.05, 0) is 117 Å². The molecule has 0 unspecified atom stereocenters. The van der Waals surface area contributed by atoms with Crippen LogP contribution in [0.25, 0.3) is 11.1 Å². The zero-order chi connectivity index (χ0) is 33.1. The molecule has 1 N–H and O–H groups in total. The first kappa shape index (κ1) is 35.3. The molecule has 4 bridgehead atoms. The number of hydrogen-bond donors (Lipinski definition) is 1. The van der Waals surface area contributed by atoms with Gasteiger partial charge in [-0.2, -0.15) is 17.8 Å². The van der Waals surface area contributed by atoms with Gasteiger partial charge in [-0.1, -0.05) is 45.0 Å². The number of hydrogen-bond acceptors (Lipinski definition) is 2. The Balaban J connectivity index is 0.000000155. The van der Waals surface area contributed by atoms with Gasteiger partial charge in [-0.25, -0.2) is 0 Å². The summed E-state index contributed by atoms with van der Waals surface area (Å²) in [5, 5.41) is 11.0. The van der Waals surface area contributed by atoms with Gasteiger partial charge in [-0.3, -0.25) is 0 Å². The molecule has 4 fully saturated rings. The van der Waals surface area contributed by atoms with Crippen molar-refractivity contribution in [1.29, 1.82) is 0 Å². The molecule has 0 aliphatic heterocycles. The van der Waals surface area contributed by atoms with Gasteiger partial charge in [0.1, 0.15) is 5.75 Å². The average Bonchev–Trinajstić information content (AvgIpc) is 3.59. The first-order chi connectivity index (χ1) is 21.9. The number of phenols is 1. The molecule has 3 nitrogen and oxygen atoms in total. The zero-order valence-electron chi connectivity index (χ0n) is 29.6. The van der Waals surface area contributed by atoms with Crippen LogP contribution in [0.2, 0.25) is 0 Å². The Morgan fingerprint density at radius 2 is 1.20 bits per heavy atom. The van der Waals surface area contributed by atoms with Crippen molar-refractivity contribution in [3.63, 3.8) is 0 Å². The van der Waals surface area contributed by atoms with Gasteiger partial charge in [0.05, 0.1) is 0 Å². The van der Waals surface area contributed by atoms with Crippen molar-refractivity contribution in [2.24, 2.45) is 26.7 Å². The van der Waals surface area contributed by atoms with E-state index in [9.17, 15) is 5.11 Å². The smallest absolute Gasteiger partial charge is 0.0860 e. The van der Waals surface area contributed by atoms with Crippen LogP contribution >= 0.6 is 0 Å². The molecule has 0 saturated heterocycles. The number of nitrogens with zero attached hydrogens (tertiary/aromatic N) is 2. The van der Waals surface area contributed by atoms with Gasteiger partial charge < -0.3 is 17.0 Å². The monoisotopic (exact) mass is 704 g/mol. The van der Waals surface area contributed by atoms with Gasteiger partial charge in [0.15, 0.2) is 0 Å². The molecule has 3 aromatic rings. The Bertz CT molecular complexity index is 1350. The van der Waals surface area contributed by atoms with Crippen molar-refractivity contribution >= 4 is 0 Å². The van der Waals surface area contributed by atoms with E-state index in [0.717, 1.165) is 42.6 Å². The fourth-order valence-corrected chi connectivity index (χ4v) is 9.79. The summed E-state index contributed by atoms with van der Waals surface area (Å²) in [4.78, 5) is 3.72. The summed E-state index contributed by atoms with van der Waals surface area (Å²) in [6, 6.07) is 8.40. The molecule has 6 aliphatic carbocycles. The summed E-state index contributed by atoms with van der Waals surface area (Å²) in [6.45, 7) is 16.5. The predicted molar refractivity (Wildman–Crippen MR) is 189 cm³/mol. The number of aryl methyl sites for hydroxylation is 4. The van der Waals surface area contributed by atoms with Crippen LogP contribution in [0, 0.1) is 50.9 Å². The standard InChI is InChI=1S/C23H28O.C10H15N.C5H11.C4H4N.Mo/c1-14-12-17-8-4-6-10-19(17)21(16(14)3)22-20-11-7-5-9-18(20)13-15(2)23(22)24;11-10-4-7-1-8(5-10)3-9(2-7)6-10;1-5(2,3)4;1-2-4-5-3-1;/h12-13,24H,4-11H2,1-3H3;7-9H,1-6H2;1H2,2-4H3;1-4H;/q;;2*-1;. The van der Waals surface area contributed by atoms with E-state index in [1.54, 1.807) is 12.4 Å². The Morgan fingerprint density at radius 3 is 1.63 bits per heavy atom. The van der Waals surface area contributed by atoms with E-state index < -0.39 is 0 Å². The van der Waals surface area contributed by atoms with E-state index >= 15 is 0 Å². The largest absolute Gasteiger partial charge is 0.670 e. The molecule has 0 atom stereocenters. The third-order valence-electron chi connectivity index (χ3n) is 10.9. The fraction of sp³-hybridized carbons (Fsp3) is 0.595. The minimum Gasteiger partial charge on any atom is -0.670 e. The van der Waals surface area contributed by atoms with Crippen LogP contribution in [-0.2, 0) is 45.3 Å². The fourth-order valence-electron chi connectivity index (χ4n) is 9.24. The van der Waals surface area contributed by atoms with E-state index in [1.165, 1.54) is 115 Å². The molecule has 9 rings (SSSR count). The molecule has 46 heavy (non-hydrogen) atoms. The second kappa shape index (κ2) is 15.1. The minimum atomic E-state index is 0.250. The third-order valence-corrected chi connectivity index (χ3v) is 11.8. The molecule has 4 saturated carbocycles. The van der Waals surface area contributed by atoms with Crippen LogP contribution < -0.4 is 4.98 Å². The second-order valence-corrected chi connectivity index (χ2v) is 16.9. The van der Waals surface area contributed by atoms with Crippen LogP contribution in [0.15, 0.2) is 40.2 Å². The summed E-state index contributed by atoms with van der Waals surface area (Å²) in [5.41, 5.74) is 13.0. The van der Waals surface area contributed by atoms with Crippen LogP contribution in [0.5, 0.6) is 5.75 Å². The summed E-state index contributed by atoms with van der Waals surface area (Å²) < 4.78 is 4.69. The molecular formula is C42H58MoN2O-2. The van der Waals surface area contributed by atoms with Gasteiger partial charge in [0.2, 0.25) is 0 Å². The zero-order valence-corrected chi connectivity index (χ0v) is 31.6. The average molecular weight is 703 g/mol. The minimum absolute atomic E-state index is 0.250. The summed E-state index contributed by atoms with van der Waals surface area (Å²) in [6.07, 6.45) is 22.1. The molecule has 1 heterocycles. The first-order valence-corrected chi connectivity index (χ1v) is 19.0. The topological polar surface area (TPSA) is 46.7 Å². The number of rotatable bonds is 2. The molecule has 2 aromatic carbocycles. The Hall–Kier alpha value is -1.99. The maximum Gasteiger partial charge on any atom is -0.0860 e. The molecule has 0 amide bonds. The molecule has 6 aliphatic rings. The van der Waals surface area contributed by atoms with Crippen molar-refractivity contribution in [2.75, 3.05) is 0 Å². The molecule has 250 valence electrons. The van der Waals surface area contributed by atoms with E-state index in [4.69, 9.17) is 3.50 Å². The Morgan fingerprint density at radius 1 is 0.761 bits per heavy atom. The third kappa shape index (κ3) is 8.53. The number of aromatic hydroxyl groups is 1. The van der Waals surface area contributed by atoms with Crippen LogP contribution in [0.4, 0.5) is 0 Å². The molecule has 4 heteroatoms. The number of aromatic nitrogens is 1. The maximum absolute atomic E-state index is 11.0. The SMILES string of the molecule is Cc1cc2c(c(-c3c(O)c(C)cc4c3CCCC4)c1C)CCCC2.[CH2-]C(C)(C)C.[Mo]=[N]C12CC3CC(CC(C3)C1)C2.c1cc[n-]c1. The van der Waals surface area contributed by atoms with Crippen molar-refractivity contribution in [3.05, 3.63) is 82.5 Å². The molecule has 0 spiro atoms. The molecular weight excluding hydrogens is 644 g/mol. The van der Waals surface area contributed by atoms with E-state index in [1.807, 2.05) is 31.8 Å². The van der Waals surface area contributed by atoms with Crippen LogP contribution in [0.1, 0.15) is 124 Å².